The second-order valence-electron chi connectivity index (χ2n) is 7.09. The summed E-state index contributed by atoms with van der Waals surface area (Å²) >= 11 is 6.06. The Hall–Kier alpha value is -1.43. The summed E-state index contributed by atoms with van der Waals surface area (Å²) in [5, 5.41) is 10.8. The van der Waals surface area contributed by atoms with Crippen LogP contribution in [0.5, 0.6) is 0 Å². The lowest BCUT2D eigenvalue weighted by Gasteiger charge is -2.30. The monoisotopic (exact) mass is 365 g/mol. The van der Waals surface area contributed by atoms with E-state index in [1.165, 1.54) is 4.90 Å². The van der Waals surface area contributed by atoms with Gasteiger partial charge in [0.05, 0.1) is 31.3 Å². The molecule has 1 spiro atoms. The Morgan fingerprint density at radius 2 is 1.92 bits per heavy atom. The van der Waals surface area contributed by atoms with E-state index in [1.54, 1.807) is 6.07 Å². The van der Waals surface area contributed by atoms with Crippen LogP contribution in [0, 0.1) is 5.41 Å². The third kappa shape index (κ3) is 4.05. The molecule has 2 amide bonds. The van der Waals surface area contributed by atoms with Crippen molar-refractivity contribution in [1.82, 2.24) is 4.90 Å². The van der Waals surface area contributed by atoms with Crippen molar-refractivity contribution in [3.8, 4) is 0 Å². The zero-order chi connectivity index (χ0) is 17.9. The SMILES string of the molecule is O=C1CC2(CCCCC2)C(=O)N1C[C@H](O)COCc1ccccc1Cl. The average Bonchev–Trinajstić information content (AvgIpc) is 2.81. The number of aliphatic hydroxyl groups is 1. The second-order valence-corrected chi connectivity index (χ2v) is 7.49. The normalized spacial score (nSPS) is 21.1. The fraction of sp³-hybridized carbons (Fsp3) is 0.579. The number of likely N-dealkylation sites (tertiary alicyclic amines) is 1. The molecule has 0 bridgehead atoms. The number of halogens is 1. The van der Waals surface area contributed by atoms with Gasteiger partial charge in [-0.15, -0.1) is 0 Å². The minimum absolute atomic E-state index is 0.00192. The maximum absolute atomic E-state index is 12.7. The molecule has 5 nitrogen and oxygen atoms in total. The molecule has 1 aliphatic heterocycles. The van der Waals surface area contributed by atoms with E-state index < -0.39 is 11.5 Å². The number of hydrogen-bond donors (Lipinski definition) is 1. The van der Waals surface area contributed by atoms with Crippen molar-refractivity contribution in [2.24, 2.45) is 5.41 Å². The molecule has 1 aromatic carbocycles. The Bertz CT molecular complexity index is 642. The number of carbonyl (C=O) groups is 2. The number of ether oxygens (including phenoxy) is 1. The van der Waals surface area contributed by atoms with Crippen molar-refractivity contribution in [1.29, 1.82) is 0 Å². The molecular formula is C19H24ClNO4. The van der Waals surface area contributed by atoms with Gasteiger partial charge in [0.1, 0.15) is 0 Å². The van der Waals surface area contributed by atoms with Gasteiger partial charge in [0.2, 0.25) is 11.8 Å². The van der Waals surface area contributed by atoms with Crippen molar-refractivity contribution in [2.45, 2.75) is 51.2 Å². The van der Waals surface area contributed by atoms with Gasteiger partial charge in [-0.05, 0) is 24.5 Å². The number of carbonyl (C=O) groups excluding carboxylic acids is 2. The molecule has 1 atom stereocenters. The molecule has 1 aromatic rings. The highest BCUT2D eigenvalue weighted by Crippen LogP contribution is 2.45. The number of imide groups is 1. The summed E-state index contributed by atoms with van der Waals surface area (Å²) in [6, 6.07) is 7.34. The van der Waals surface area contributed by atoms with Crippen LogP contribution < -0.4 is 0 Å². The first-order valence-electron chi connectivity index (χ1n) is 8.86. The van der Waals surface area contributed by atoms with E-state index in [4.69, 9.17) is 16.3 Å². The van der Waals surface area contributed by atoms with E-state index in [0.29, 0.717) is 11.4 Å². The van der Waals surface area contributed by atoms with Gasteiger partial charge in [0.25, 0.3) is 0 Å². The van der Waals surface area contributed by atoms with E-state index in [2.05, 4.69) is 0 Å². The van der Waals surface area contributed by atoms with E-state index in [0.717, 1.165) is 37.7 Å². The van der Waals surface area contributed by atoms with Gasteiger partial charge in [-0.1, -0.05) is 49.1 Å². The lowest BCUT2D eigenvalue weighted by atomic mass is 9.73. The van der Waals surface area contributed by atoms with Crippen LogP contribution in [0.3, 0.4) is 0 Å². The Kier molecular flexibility index (Phi) is 5.77. The van der Waals surface area contributed by atoms with Crippen LogP contribution in [0.4, 0.5) is 0 Å². The number of aliphatic hydroxyl groups excluding tert-OH is 1. The molecule has 3 rings (SSSR count). The highest BCUT2D eigenvalue weighted by Gasteiger charge is 2.51. The maximum atomic E-state index is 12.7. The molecule has 2 fully saturated rings. The fourth-order valence-electron chi connectivity index (χ4n) is 3.85. The topological polar surface area (TPSA) is 66.8 Å². The first-order chi connectivity index (χ1) is 12.0. The van der Waals surface area contributed by atoms with Crippen molar-refractivity contribution in [3.63, 3.8) is 0 Å². The minimum Gasteiger partial charge on any atom is -0.389 e. The number of hydrogen-bond acceptors (Lipinski definition) is 4. The first-order valence-corrected chi connectivity index (χ1v) is 9.24. The van der Waals surface area contributed by atoms with E-state index >= 15 is 0 Å². The summed E-state index contributed by atoms with van der Waals surface area (Å²) in [5.41, 5.74) is 0.332. The molecule has 2 aliphatic rings. The summed E-state index contributed by atoms with van der Waals surface area (Å²) < 4.78 is 5.50. The van der Waals surface area contributed by atoms with Crippen LogP contribution in [0.25, 0.3) is 0 Å². The van der Waals surface area contributed by atoms with Crippen molar-refractivity contribution in [2.75, 3.05) is 13.2 Å². The molecule has 1 heterocycles. The molecule has 1 saturated heterocycles. The highest BCUT2D eigenvalue weighted by atomic mass is 35.5. The van der Waals surface area contributed by atoms with Crippen LogP contribution in [0.2, 0.25) is 5.02 Å². The van der Waals surface area contributed by atoms with Gasteiger partial charge in [0.15, 0.2) is 0 Å². The molecule has 0 aromatic heterocycles. The predicted molar refractivity (Wildman–Crippen MR) is 94.0 cm³/mol. The number of benzene rings is 1. The van der Waals surface area contributed by atoms with Gasteiger partial charge in [-0.2, -0.15) is 0 Å². The van der Waals surface area contributed by atoms with Crippen molar-refractivity contribution >= 4 is 23.4 Å². The first kappa shape index (κ1) is 18.4. The Morgan fingerprint density at radius 3 is 2.64 bits per heavy atom. The van der Waals surface area contributed by atoms with E-state index in [9.17, 15) is 14.7 Å². The van der Waals surface area contributed by atoms with Crippen LogP contribution in [0.15, 0.2) is 24.3 Å². The number of amides is 2. The molecule has 136 valence electrons. The van der Waals surface area contributed by atoms with Gasteiger partial charge in [0, 0.05) is 11.4 Å². The van der Waals surface area contributed by atoms with Crippen LogP contribution in [-0.2, 0) is 20.9 Å². The number of rotatable bonds is 6. The van der Waals surface area contributed by atoms with Gasteiger partial charge in [-0.3, -0.25) is 14.5 Å². The van der Waals surface area contributed by atoms with Gasteiger partial charge in [-0.25, -0.2) is 0 Å². The maximum Gasteiger partial charge on any atom is 0.235 e. The standard InChI is InChI=1S/C19H24ClNO4/c20-16-7-3-2-6-14(16)12-25-13-15(22)11-21-17(23)10-19(18(21)24)8-4-1-5-9-19/h2-3,6-7,15,22H,1,4-5,8-13H2/t15-/m0/s1. The molecule has 6 heteroatoms. The smallest absolute Gasteiger partial charge is 0.235 e. The summed E-state index contributed by atoms with van der Waals surface area (Å²) in [6.07, 6.45) is 4.09. The number of β-amino-alcohol motifs (C(OH)–C–C–N with tert-alkyl or cyclic N) is 1. The molecule has 25 heavy (non-hydrogen) atoms. The van der Waals surface area contributed by atoms with Crippen LogP contribution in [0.1, 0.15) is 44.1 Å². The largest absolute Gasteiger partial charge is 0.389 e. The third-order valence-corrected chi connectivity index (χ3v) is 5.59. The zero-order valence-corrected chi connectivity index (χ0v) is 15.0. The van der Waals surface area contributed by atoms with Crippen molar-refractivity contribution < 1.29 is 19.4 Å². The molecule has 1 aliphatic carbocycles. The summed E-state index contributed by atoms with van der Waals surface area (Å²) in [7, 11) is 0. The molecule has 0 radical (unpaired) electrons. The minimum atomic E-state index is -0.894. The Morgan fingerprint density at radius 1 is 1.20 bits per heavy atom. The Balaban J connectivity index is 1.51. The zero-order valence-electron chi connectivity index (χ0n) is 14.2. The average molecular weight is 366 g/mol. The van der Waals surface area contributed by atoms with Crippen molar-refractivity contribution in [3.05, 3.63) is 34.9 Å². The third-order valence-electron chi connectivity index (χ3n) is 5.22. The predicted octanol–water partition coefficient (Wildman–Crippen LogP) is 2.93. The van der Waals surface area contributed by atoms with Gasteiger partial charge >= 0.3 is 0 Å². The highest BCUT2D eigenvalue weighted by molar-refractivity contribution is 6.31. The fourth-order valence-corrected chi connectivity index (χ4v) is 4.04. The van der Waals surface area contributed by atoms with Gasteiger partial charge < -0.3 is 9.84 Å². The molecule has 1 saturated carbocycles. The molecule has 1 N–H and O–H groups in total. The summed E-state index contributed by atoms with van der Waals surface area (Å²) in [6.45, 7) is 0.333. The lowest BCUT2D eigenvalue weighted by molar-refractivity contribution is -0.144. The second kappa shape index (κ2) is 7.85. The van der Waals surface area contributed by atoms with Crippen LogP contribution in [-0.4, -0.2) is 41.1 Å². The van der Waals surface area contributed by atoms with E-state index in [-0.39, 0.29) is 31.6 Å². The number of nitrogens with zero attached hydrogens (tertiary/aromatic N) is 1. The summed E-state index contributed by atoms with van der Waals surface area (Å²) in [5.74, 6) is -0.278. The Labute approximate surface area is 152 Å². The van der Waals surface area contributed by atoms with Crippen LogP contribution >= 0.6 is 11.6 Å². The lowest BCUT2D eigenvalue weighted by Crippen LogP contribution is -2.42. The summed E-state index contributed by atoms with van der Waals surface area (Å²) in [4.78, 5) is 26.2. The van der Waals surface area contributed by atoms with E-state index in [1.807, 2.05) is 18.2 Å². The molecular weight excluding hydrogens is 342 g/mol. The molecule has 0 unspecified atom stereocenters. The quantitative estimate of drug-likeness (QED) is 0.787.